The highest BCUT2D eigenvalue weighted by atomic mass is 16.2. The third-order valence-corrected chi connectivity index (χ3v) is 4.70. The van der Waals surface area contributed by atoms with Crippen molar-refractivity contribution in [2.75, 3.05) is 36.4 Å². The first kappa shape index (κ1) is 16.0. The highest BCUT2D eigenvalue weighted by molar-refractivity contribution is 5.79. The van der Waals surface area contributed by atoms with Gasteiger partial charge in [0, 0.05) is 38.4 Å². The zero-order valence-corrected chi connectivity index (χ0v) is 14.2. The van der Waals surface area contributed by atoms with E-state index in [4.69, 9.17) is 0 Å². The fourth-order valence-electron chi connectivity index (χ4n) is 3.17. The molecular weight excluding hydrogens is 290 g/mol. The van der Waals surface area contributed by atoms with E-state index in [-0.39, 0.29) is 11.8 Å². The van der Waals surface area contributed by atoms with Crippen LogP contribution in [0.2, 0.25) is 0 Å². The lowest BCUT2D eigenvalue weighted by Crippen LogP contribution is -2.45. The minimum Gasteiger partial charge on any atom is -0.367 e. The maximum atomic E-state index is 12.6. The van der Waals surface area contributed by atoms with Gasteiger partial charge in [-0.05, 0) is 45.6 Å². The summed E-state index contributed by atoms with van der Waals surface area (Å²) in [6, 6.07) is 2.50. The summed E-state index contributed by atoms with van der Waals surface area (Å²) >= 11 is 0. The number of hydrogen-bond acceptors (Lipinski definition) is 5. The molecule has 0 bridgehead atoms. The van der Waals surface area contributed by atoms with Crippen LogP contribution in [0.5, 0.6) is 0 Å². The molecule has 1 aromatic heterocycles. The predicted molar refractivity (Wildman–Crippen MR) is 91.5 cm³/mol. The molecule has 1 amide bonds. The Morgan fingerprint density at radius 3 is 2.83 bits per heavy atom. The molecular formula is C17H27N5O. The number of hydrogen-bond donors (Lipinski definition) is 1. The molecule has 0 spiro atoms. The molecule has 2 heterocycles. The van der Waals surface area contributed by atoms with Gasteiger partial charge in [0.05, 0.1) is 5.92 Å². The van der Waals surface area contributed by atoms with E-state index in [1.807, 2.05) is 31.0 Å². The van der Waals surface area contributed by atoms with E-state index in [0.717, 1.165) is 50.8 Å². The van der Waals surface area contributed by atoms with Gasteiger partial charge in [-0.1, -0.05) is 0 Å². The first-order valence-corrected chi connectivity index (χ1v) is 8.84. The molecule has 1 aliphatic heterocycles. The Morgan fingerprint density at radius 2 is 2.13 bits per heavy atom. The molecule has 3 rings (SSSR count). The first-order chi connectivity index (χ1) is 11.2. The topological polar surface area (TPSA) is 61.4 Å². The van der Waals surface area contributed by atoms with Crippen molar-refractivity contribution in [2.24, 2.45) is 5.92 Å². The van der Waals surface area contributed by atoms with E-state index in [1.54, 1.807) is 0 Å². The summed E-state index contributed by atoms with van der Waals surface area (Å²) in [6.45, 7) is 7.29. The molecule has 1 aromatic rings. The summed E-state index contributed by atoms with van der Waals surface area (Å²) in [5.41, 5.74) is 0. The van der Waals surface area contributed by atoms with Crippen LogP contribution in [0.15, 0.2) is 12.3 Å². The fourth-order valence-corrected chi connectivity index (χ4v) is 3.17. The molecule has 1 unspecified atom stereocenters. The van der Waals surface area contributed by atoms with E-state index in [9.17, 15) is 4.79 Å². The molecule has 0 aromatic carbocycles. The van der Waals surface area contributed by atoms with Crippen LogP contribution < -0.4 is 10.2 Å². The van der Waals surface area contributed by atoms with Gasteiger partial charge in [0.1, 0.15) is 5.82 Å². The van der Waals surface area contributed by atoms with E-state index >= 15 is 0 Å². The molecule has 6 heteroatoms. The SMILES string of the molecule is CCN(CC)C(=O)C1CCCN(c2nccc(NC3CC3)n2)C1. The first-order valence-electron chi connectivity index (χ1n) is 8.84. The van der Waals surface area contributed by atoms with Gasteiger partial charge < -0.3 is 15.1 Å². The number of piperidine rings is 1. The minimum atomic E-state index is 0.0623. The largest absolute Gasteiger partial charge is 0.367 e. The lowest BCUT2D eigenvalue weighted by Gasteiger charge is -2.34. The molecule has 0 radical (unpaired) electrons. The average Bonchev–Trinajstić information content (AvgIpc) is 3.40. The normalized spacial score (nSPS) is 21.1. The maximum absolute atomic E-state index is 12.6. The second kappa shape index (κ2) is 7.15. The second-order valence-corrected chi connectivity index (χ2v) is 6.46. The van der Waals surface area contributed by atoms with Crippen LogP contribution in [0.4, 0.5) is 11.8 Å². The van der Waals surface area contributed by atoms with Crippen LogP contribution in [0.1, 0.15) is 39.5 Å². The third-order valence-electron chi connectivity index (χ3n) is 4.70. The van der Waals surface area contributed by atoms with Crippen LogP contribution >= 0.6 is 0 Å². The second-order valence-electron chi connectivity index (χ2n) is 6.46. The zero-order valence-electron chi connectivity index (χ0n) is 14.2. The smallest absolute Gasteiger partial charge is 0.227 e. The van der Waals surface area contributed by atoms with Crippen LogP contribution in [0.25, 0.3) is 0 Å². The lowest BCUT2D eigenvalue weighted by atomic mass is 9.96. The Labute approximate surface area is 138 Å². The van der Waals surface area contributed by atoms with E-state index in [2.05, 4.69) is 20.2 Å². The number of carbonyl (C=O) groups is 1. The van der Waals surface area contributed by atoms with E-state index in [0.29, 0.717) is 6.04 Å². The van der Waals surface area contributed by atoms with Crippen LogP contribution in [0, 0.1) is 5.92 Å². The van der Waals surface area contributed by atoms with Crippen molar-refractivity contribution in [2.45, 2.75) is 45.6 Å². The highest BCUT2D eigenvalue weighted by Gasteiger charge is 2.29. The standard InChI is InChI=1S/C17H27N5O/c1-3-21(4-2)16(23)13-6-5-11-22(12-13)17-18-10-9-15(20-17)19-14-7-8-14/h9-10,13-14H,3-8,11-12H2,1-2H3,(H,18,19,20). The summed E-state index contributed by atoms with van der Waals surface area (Å²) in [4.78, 5) is 25.7. The molecule has 1 saturated heterocycles. The summed E-state index contributed by atoms with van der Waals surface area (Å²) in [5.74, 6) is 1.97. The minimum absolute atomic E-state index is 0.0623. The van der Waals surface area contributed by atoms with Gasteiger partial charge in [-0.15, -0.1) is 0 Å². The van der Waals surface area contributed by atoms with Gasteiger partial charge >= 0.3 is 0 Å². The molecule has 1 saturated carbocycles. The van der Waals surface area contributed by atoms with Crippen molar-refractivity contribution in [1.29, 1.82) is 0 Å². The molecule has 1 N–H and O–H groups in total. The number of aromatic nitrogens is 2. The fraction of sp³-hybridized carbons (Fsp3) is 0.706. The van der Waals surface area contributed by atoms with Gasteiger partial charge in [0.25, 0.3) is 0 Å². The van der Waals surface area contributed by atoms with Gasteiger partial charge in [-0.2, -0.15) is 4.98 Å². The van der Waals surface area contributed by atoms with Gasteiger partial charge in [0.15, 0.2) is 0 Å². The summed E-state index contributed by atoms with van der Waals surface area (Å²) in [5, 5.41) is 3.41. The monoisotopic (exact) mass is 317 g/mol. The molecule has 2 fully saturated rings. The van der Waals surface area contributed by atoms with Crippen molar-refractivity contribution in [3.63, 3.8) is 0 Å². The number of amides is 1. The van der Waals surface area contributed by atoms with Crippen molar-refractivity contribution in [1.82, 2.24) is 14.9 Å². The maximum Gasteiger partial charge on any atom is 0.227 e. The number of anilines is 2. The van der Waals surface area contributed by atoms with Gasteiger partial charge in [0.2, 0.25) is 11.9 Å². The molecule has 1 atom stereocenters. The van der Waals surface area contributed by atoms with Crippen LogP contribution in [-0.4, -0.2) is 53.0 Å². The molecule has 126 valence electrons. The van der Waals surface area contributed by atoms with E-state index < -0.39 is 0 Å². The molecule has 1 aliphatic carbocycles. The van der Waals surface area contributed by atoms with Crippen molar-refractivity contribution in [3.8, 4) is 0 Å². The Hall–Kier alpha value is -1.85. The summed E-state index contributed by atoms with van der Waals surface area (Å²) < 4.78 is 0. The number of nitrogens with one attached hydrogen (secondary N) is 1. The third kappa shape index (κ3) is 3.92. The number of rotatable bonds is 6. The predicted octanol–water partition coefficient (Wildman–Crippen LogP) is 2.14. The Morgan fingerprint density at radius 1 is 1.35 bits per heavy atom. The number of nitrogens with zero attached hydrogens (tertiary/aromatic N) is 4. The number of carbonyl (C=O) groups excluding carboxylic acids is 1. The van der Waals surface area contributed by atoms with E-state index in [1.165, 1.54) is 12.8 Å². The Kier molecular flexibility index (Phi) is 4.98. The quantitative estimate of drug-likeness (QED) is 0.871. The molecule has 6 nitrogen and oxygen atoms in total. The van der Waals surface area contributed by atoms with Crippen LogP contribution in [0.3, 0.4) is 0 Å². The Bertz CT molecular complexity index is 542. The van der Waals surface area contributed by atoms with Gasteiger partial charge in [-0.3, -0.25) is 4.79 Å². The zero-order chi connectivity index (χ0) is 16.2. The lowest BCUT2D eigenvalue weighted by molar-refractivity contribution is -0.135. The highest BCUT2D eigenvalue weighted by Crippen LogP contribution is 2.26. The van der Waals surface area contributed by atoms with Crippen molar-refractivity contribution in [3.05, 3.63) is 12.3 Å². The van der Waals surface area contributed by atoms with Crippen molar-refractivity contribution >= 4 is 17.7 Å². The molecule has 23 heavy (non-hydrogen) atoms. The van der Waals surface area contributed by atoms with Gasteiger partial charge in [-0.25, -0.2) is 4.98 Å². The van der Waals surface area contributed by atoms with Crippen LogP contribution in [-0.2, 0) is 4.79 Å². The molecule has 2 aliphatic rings. The Balaban J connectivity index is 1.66. The summed E-state index contributed by atoms with van der Waals surface area (Å²) in [7, 11) is 0. The average molecular weight is 317 g/mol. The van der Waals surface area contributed by atoms with Crippen molar-refractivity contribution < 1.29 is 4.79 Å². The summed E-state index contributed by atoms with van der Waals surface area (Å²) in [6.07, 6.45) is 6.24.